The molecule has 5 aliphatic rings. The van der Waals surface area contributed by atoms with E-state index >= 15 is 0 Å². The smallest absolute Gasteiger partial charge is 0.322 e. The monoisotopic (exact) mass is 849 g/mol. The molecule has 15 nitrogen and oxygen atoms in total. The third-order valence-electron chi connectivity index (χ3n) is 13.0. The van der Waals surface area contributed by atoms with Crippen LogP contribution in [0, 0.1) is 17.2 Å². The molecule has 3 saturated heterocycles. The number of piperidine rings is 2. The van der Waals surface area contributed by atoms with Crippen LogP contribution in [0.1, 0.15) is 92.5 Å². The Hall–Kier alpha value is -5.72. The molecule has 2 aromatic carbocycles. The number of ether oxygens (including phenoxy) is 1. The molecule has 8 rings (SSSR count). The molecule has 1 aromatic heterocycles. The van der Waals surface area contributed by atoms with Crippen LogP contribution in [0.15, 0.2) is 54.7 Å². The molecule has 3 atom stereocenters. The van der Waals surface area contributed by atoms with Crippen LogP contribution >= 0.6 is 11.6 Å². The number of hydrogen-bond acceptors (Lipinski definition) is 11. The second-order valence-electron chi connectivity index (χ2n) is 17.4. The van der Waals surface area contributed by atoms with E-state index in [4.69, 9.17) is 21.3 Å². The number of amides is 6. The van der Waals surface area contributed by atoms with Gasteiger partial charge in [0.1, 0.15) is 29.8 Å². The zero-order valence-corrected chi connectivity index (χ0v) is 35.7. The quantitative estimate of drug-likeness (QED) is 0.241. The molecule has 6 amide bonds. The van der Waals surface area contributed by atoms with E-state index in [0.717, 1.165) is 61.7 Å². The van der Waals surface area contributed by atoms with Crippen LogP contribution < -0.4 is 25.2 Å². The molecule has 0 radical (unpaired) electrons. The molecule has 16 heteroatoms. The minimum absolute atomic E-state index is 0.0132. The van der Waals surface area contributed by atoms with E-state index in [1.165, 1.54) is 0 Å². The van der Waals surface area contributed by atoms with Crippen molar-refractivity contribution in [3.8, 4) is 11.8 Å². The summed E-state index contributed by atoms with van der Waals surface area (Å²) in [6.07, 6.45) is 5.72. The van der Waals surface area contributed by atoms with Crippen LogP contribution in [0.25, 0.3) is 0 Å². The Balaban J connectivity index is 0.784. The van der Waals surface area contributed by atoms with Crippen molar-refractivity contribution in [1.82, 2.24) is 25.0 Å². The van der Waals surface area contributed by atoms with Crippen LogP contribution in [-0.4, -0.2) is 118 Å². The van der Waals surface area contributed by atoms with Crippen LogP contribution in [0.3, 0.4) is 0 Å². The molecule has 4 aliphatic heterocycles. The Labute approximate surface area is 360 Å². The van der Waals surface area contributed by atoms with Gasteiger partial charge in [0, 0.05) is 81.8 Å². The van der Waals surface area contributed by atoms with Gasteiger partial charge >= 0.3 is 6.03 Å². The first-order valence-corrected chi connectivity index (χ1v) is 21.7. The number of piperazine rings is 1. The number of rotatable bonds is 10. The molecule has 5 heterocycles. The number of nitrogens with one attached hydrogen (secondary N) is 2. The zero-order chi connectivity index (χ0) is 43.1. The Kier molecular flexibility index (Phi) is 11.9. The van der Waals surface area contributed by atoms with Gasteiger partial charge in [-0.05, 0) is 101 Å². The number of nitrogens with zero attached hydrogens (tertiary/aromatic N) is 7. The van der Waals surface area contributed by atoms with Crippen molar-refractivity contribution in [2.45, 2.75) is 103 Å². The van der Waals surface area contributed by atoms with E-state index in [-0.39, 0.29) is 48.2 Å². The number of hydrogen-bond donors (Lipinski definition) is 2. The number of imide groups is 2. The summed E-state index contributed by atoms with van der Waals surface area (Å²) in [4.78, 5) is 78.5. The number of nitriles is 1. The van der Waals surface area contributed by atoms with Crippen molar-refractivity contribution in [2.75, 3.05) is 47.8 Å². The highest BCUT2D eigenvalue weighted by molar-refractivity contribution is 6.32. The average molecular weight is 850 g/mol. The van der Waals surface area contributed by atoms with Crippen LogP contribution in [0.5, 0.6) is 5.75 Å². The number of carbonyl (C=O) groups is 5. The van der Waals surface area contributed by atoms with Crippen LogP contribution in [0.2, 0.25) is 5.02 Å². The number of pyridine rings is 1. The topological polar surface area (TPSA) is 172 Å². The number of anilines is 3. The number of fused-ring (bicyclic) bond motifs is 1. The molecule has 1 aliphatic carbocycles. The van der Waals surface area contributed by atoms with Gasteiger partial charge in [-0.3, -0.25) is 34.3 Å². The van der Waals surface area contributed by atoms with Crippen molar-refractivity contribution in [3.05, 3.63) is 76.4 Å². The van der Waals surface area contributed by atoms with Gasteiger partial charge in [0.15, 0.2) is 0 Å². The van der Waals surface area contributed by atoms with Crippen molar-refractivity contribution in [3.63, 3.8) is 0 Å². The minimum atomic E-state index is -1.00. The van der Waals surface area contributed by atoms with Crippen LogP contribution in [-0.2, 0) is 9.59 Å². The predicted octanol–water partition coefficient (Wildman–Crippen LogP) is 5.68. The third-order valence-corrected chi connectivity index (χ3v) is 13.3. The Morgan fingerprint density at radius 3 is 2.41 bits per heavy atom. The summed E-state index contributed by atoms with van der Waals surface area (Å²) in [5.74, 6) is -0.143. The lowest BCUT2D eigenvalue weighted by atomic mass is 9.85. The summed E-state index contributed by atoms with van der Waals surface area (Å²) < 4.78 is 6.30. The summed E-state index contributed by atoms with van der Waals surface area (Å²) in [7, 11) is 0. The largest absolute Gasteiger partial charge is 0.490 e. The first-order chi connectivity index (χ1) is 29.3. The molecule has 1 saturated carbocycles. The van der Waals surface area contributed by atoms with Gasteiger partial charge in [0.05, 0.1) is 33.6 Å². The zero-order valence-electron chi connectivity index (χ0n) is 35.0. The SMILES string of the molecule is CC(C)N(CC1CCN(c2ccc(NC(=O)N3C[C@H](C)N(c4ccc(C#N)c(Cl)c4)C[C@H]3C)cn2)CC1)C1CC(Oc2ccc3c(c2)C(=O)N(C2CCC(=O)NC2=O)C3=O)C1. The average Bonchev–Trinajstić information content (AvgIpc) is 3.47. The lowest BCUT2D eigenvalue weighted by Gasteiger charge is -2.46. The lowest BCUT2D eigenvalue weighted by molar-refractivity contribution is -0.136. The van der Waals surface area contributed by atoms with E-state index in [1.54, 1.807) is 30.5 Å². The Morgan fingerprint density at radius 1 is 0.984 bits per heavy atom. The number of benzene rings is 2. The minimum Gasteiger partial charge on any atom is -0.490 e. The van der Waals surface area contributed by atoms with Crippen molar-refractivity contribution >= 4 is 58.5 Å². The van der Waals surface area contributed by atoms with E-state index in [9.17, 15) is 29.2 Å². The van der Waals surface area contributed by atoms with Crippen molar-refractivity contribution in [2.24, 2.45) is 5.92 Å². The number of halogens is 1. The van der Waals surface area contributed by atoms with Gasteiger partial charge in [-0.1, -0.05) is 11.6 Å². The maximum Gasteiger partial charge on any atom is 0.322 e. The third kappa shape index (κ3) is 8.61. The predicted molar refractivity (Wildman–Crippen MR) is 230 cm³/mol. The second-order valence-corrected chi connectivity index (χ2v) is 17.8. The second kappa shape index (κ2) is 17.3. The van der Waals surface area contributed by atoms with Gasteiger partial charge in [-0.2, -0.15) is 5.26 Å². The normalized spacial score (nSPS) is 24.5. The molecule has 2 N–H and O–H groups in total. The van der Waals surface area contributed by atoms with E-state index in [1.807, 2.05) is 36.1 Å². The fourth-order valence-electron chi connectivity index (χ4n) is 9.43. The number of aromatic nitrogens is 1. The summed E-state index contributed by atoms with van der Waals surface area (Å²) in [6.45, 7) is 12.5. The molecule has 3 aromatic rings. The highest BCUT2D eigenvalue weighted by Crippen LogP contribution is 2.36. The first-order valence-electron chi connectivity index (χ1n) is 21.3. The highest BCUT2D eigenvalue weighted by Gasteiger charge is 2.45. The van der Waals surface area contributed by atoms with E-state index in [0.29, 0.717) is 53.1 Å². The maximum absolute atomic E-state index is 13.4. The number of urea groups is 1. The fourth-order valence-corrected chi connectivity index (χ4v) is 9.65. The summed E-state index contributed by atoms with van der Waals surface area (Å²) in [5.41, 5.74) is 2.48. The van der Waals surface area contributed by atoms with Gasteiger partial charge in [-0.15, -0.1) is 0 Å². The summed E-state index contributed by atoms with van der Waals surface area (Å²) in [5, 5.41) is 14.9. The summed E-state index contributed by atoms with van der Waals surface area (Å²) >= 11 is 6.31. The van der Waals surface area contributed by atoms with E-state index in [2.05, 4.69) is 52.2 Å². The van der Waals surface area contributed by atoms with Gasteiger partial charge in [0.2, 0.25) is 11.8 Å². The highest BCUT2D eigenvalue weighted by atomic mass is 35.5. The van der Waals surface area contributed by atoms with E-state index < -0.39 is 29.7 Å². The molecule has 4 fully saturated rings. The summed E-state index contributed by atoms with van der Waals surface area (Å²) in [6, 6.07) is 15.9. The fraction of sp³-hybridized carbons (Fsp3) is 0.489. The molecule has 1 unspecified atom stereocenters. The van der Waals surface area contributed by atoms with Gasteiger partial charge in [0.25, 0.3) is 11.8 Å². The number of carbonyl (C=O) groups excluding carboxylic acids is 5. The molecule has 0 bridgehead atoms. The molecule has 0 spiro atoms. The van der Waals surface area contributed by atoms with Gasteiger partial charge < -0.3 is 24.8 Å². The molecular formula is C45H52ClN9O6. The van der Waals surface area contributed by atoms with Gasteiger partial charge in [-0.25, -0.2) is 9.78 Å². The van der Waals surface area contributed by atoms with Crippen molar-refractivity contribution < 1.29 is 28.7 Å². The molecule has 320 valence electrons. The standard InChI is InChI=1S/C45H52ClN9O6/c1-26(2)52(33-17-35(18-33)61-34-8-9-36-37(20-34)44(59)55(43(36)58)39-10-12-41(56)50-42(39)57)25-29-13-15-51(16-14-29)40-11-6-31(22-48-40)49-45(60)54-24-27(3)53(23-28(54)4)32-7-5-30(21-47)38(46)19-32/h5-9,11,19-20,22,26-29,33,35,39H,10,12-18,23-25H2,1-4H3,(H,49,60)(H,50,56,57)/t27-,28+,33?,35?,39?/m0/s1. The molecule has 61 heavy (non-hydrogen) atoms. The molecular weight excluding hydrogens is 798 g/mol. The maximum atomic E-state index is 13.4. The van der Waals surface area contributed by atoms with Crippen molar-refractivity contribution in [1.29, 1.82) is 5.26 Å². The first kappa shape index (κ1) is 42.0. The van der Waals surface area contributed by atoms with Crippen LogP contribution in [0.4, 0.5) is 22.0 Å². The Morgan fingerprint density at radius 2 is 1.74 bits per heavy atom. The lowest BCUT2D eigenvalue weighted by Crippen LogP contribution is -2.59. The Bertz CT molecular complexity index is 2250.